The molecule has 35 heavy (non-hydrogen) atoms. The molecule has 0 unspecified atom stereocenters. The third kappa shape index (κ3) is 5.69. The number of hydrogen-bond acceptors (Lipinski definition) is 7. The maximum Gasteiger partial charge on any atom is 0.230 e. The molecule has 1 saturated heterocycles. The Morgan fingerprint density at radius 2 is 1.89 bits per heavy atom. The van der Waals surface area contributed by atoms with Gasteiger partial charge in [-0.15, -0.1) is 0 Å². The predicted octanol–water partition coefficient (Wildman–Crippen LogP) is 4.62. The summed E-state index contributed by atoms with van der Waals surface area (Å²) in [6, 6.07) is 8.27. The van der Waals surface area contributed by atoms with Crippen molar-refractivity contribution in [1.82, 2.24) is 24.9 Å². The van der Waals surface area contributed by atoms with Gasteiger partial charge in [0.15, 0.2) is 5.65 Å². The number of aromatic nitrogens is 4. The molecule has 1 aromatic carbocycles. The molecule has 0 amide bonds. The summed E-state index contributed by atoms with van der Waals surface area (Å²) in [5.74, 6) is 3.50. The van der Waals surface area contributed by atoms with Gasteiger partial charge in [0.1, 0.15) is 5.75 Å². The van der Waals surface area contributed by atoms with E-state index in [1.165, 1.54) is 25.7 Å². The molecule has 5 rings (SSSR count). The van der Waals surface area contributed by atoms with Crippen molar-refractivity contribution in [3.8, 4) is 5.75 Å². The quantitative estimate of drug-likeness (QED) is 0.570. The van der Waals surface area contributed by atoms with Crippen LogP contribution in [0.1, 0.15) is 69.4 Å². The van der Waals surface area contributed by atoms with Crippen molar-refractivity contribution >= 4 is 17.5 Å². The minimum atomic E-state index is 0.337. The van der Waals surface area contributed by atoms with Crippen molar-refractivity contribution in [1.29, 1.82) is 0 Å². The molecule has 4 heterocycles. The van der Waals surface area contributed by atoms with Gasteiger partial charge in [0.2, 0.25) is 11.9 Å². The van der Waals surface area contributed by atoms with Crippen LogP contribution in [-0.2, 0) is 6.54 Å². The van der Waals surface area contributed by atoms with E-state index in [1.54, 1.807) is 0 Å². The molecular formula is C27H39N7O. The number of ether oxygens (including phenoxy) is 1. The zero-order valence-corrected chi connectivity index (χ0v) is 21.2. The first-order valence-electron chi connectivity index (χ1n) is 13.3. The fourth-order valence-corrected chi connectivity index (χ4v) is 5.10. The number of para-hydroxylation sites is 1. The van der Waals surface area contributed by atoms with Gasteiger partial charge in [-0.1, -0.05) is 44.9 Å². The second-order valence-corrected chi connectivity index (χ2v) is 10.2. The Balaban J connectivity index is 1.53. The highest BCUT2D eigenvalue weighted by Crippen LogP contribution is 2.26. The first-order chi connectivity index (χ1) is 17.2. The summed E-state index contributed by atoms with van der Waals surface area (Å²) in [7, 11) is 0. The van der Waals surface area contributed by atoms with E-state index in [1.807, 2.05) is 16.8 Å². The first kappa shape index (κ1) is 23.9. The summed E-state index contributed by atoms with van der Waals surface area (Å²) in [5, 5.41) is 11.7. The average molecular weight is 478 g/mol. The van der Waals surface area contributed by atoms with Gasteiger partial charge < -0.3 is 20.3 Å². The van der Waals surface area contributed by atoms with Gasteiger partial charge in [-0.25, -0.2) is 0 Å². The summed E-state index contributed by atoms with van der Waals surface area (Å²) in [6.45, 7) is 9.95. The molecule has 0 aliphatic carbocycles. The second kappa shape index (κ2) is 11.2. The second-order valence-electron chi connectivity index (χ2n) is 10.2. The van der Waals surface area contributed by atoms with E-state index in [0.717, 1.165) is 80.0 Å². The van der Waals surface area contributed by atoms with Crippen LogP contribution in [-0.4, -0.2) is 52.4 Å². The molecule has 0 radical (unpaired) electrons. The maximum atomic E-state index is 6.15. The molecule has 2 bridgehead atoms. The Bertz CT molecular complexity index is 1110. The van der Waals surface area contributed by atoms with Crippen LogP contribution in [0.3, 0.4) is 0 Å². The third-order valence-corrected chi connectivity index (χ3v) is 7.22. The number of fused-ring (bicyclic) bond motifs is 5. The van der Waals surface area contributed by atoms with Gasteiger partial charge in [0.25, 0.3) is 0 Å². The largest absolute Gasteiger partial charge is 0.493 e. The number of hydrogen-bond donors (Lipinski definition) is 2. The zero-order chi connectivity index (χ0) is 24.0. The molecule has 2 aromatic heterocycles. The van der Waals surface area contributed by atoms with Crippen molar-refractivity contribution < 1.29 is 4.74 Å². The van der Waals surface area contributed by atoms with E-state index in [-0.39, 0.29) is 0 Å². The van der Waals surface area contributed by atoms with Gasteiger partial charge in [-0.05, 0) is 56.7 Å². The summed E-state index contributed by atoms with van der Waals surface area (Å²) in [6.07, 6.45) is 8.93. The van der Waals surface area contributed by atoms with E-state index in [2.05, 4.69) is 52.7 Å². The van der Waals surface area contributed by atoms with Crippen LogP contribution < -0.4 is 20.3 Å². The van der Waals surface area contributed by atoms with Crippen molar-refractivity contribution in [3.63, 3.8) is 0 Å². The number of nitrogens with zero attached hydrogens (tertiary/aromatic N) is 5. The highest BCUT2D eigenvalue weighted by molar-refractivity contribution is 5.56. The monoisotopic (exact) mass is 477 g/mol. The molecule has 2 N–H and O–H groups in total. The Labute approximate surface area is 208 Å². The van der Waals surface area contributed by atoms with E-state index in [0.29, 0.717) is 18.4 Å². The number of piperidine rings is 1. The topological polar surface area (TPSA) is 79.6 Å². The molecule has 8 nitrogen and oxygen atoms in total. The van der Waals surface area contributed by atoms with Crippen LogP contribution in [0, 0.1) is 5.92 Å². The van der Waals surface area contributed by atoms with Crippen molar-refractivity contribution in [3.05, 3.63) is 41.6 Å². The molecule has 1 fully saturated rings. The van der Waals surface area contributed by atoms with Crippen LogP contribution in [0.4, 0.5) is 11.9 Å². The Kier molecular flexibility index (Phi) is 7.66. The maximum absolute atomic E-state index is 6.15. The van der Waals surface area contributed by atoms with Crippen LogP contribution >= 0.6 is 0 Å². The van der Waals surface area contributed by atoms with Crippen molar-refractivity contribution in [2.75, 3.05) is 43.0 Å². The molecule has 2 aliphatic rings. The minimum absolute atomic E-state index is 0.337. The van der Waals surface area contributed by atoms with Gasteiger partial charge in [-0.2, -0.15) is 19.6 Å². The molecule has 2 aliphatic heterocycles. The fourth-order valence-electron chi connectivity index (χ4n) is 5.10. The Morgan fingerprint density at radius 3 is 2.74 bits per heavy atom. The summed E-state index contributed by atoms with van der Waals surface area (Å²) >= 11 is 0. The van der Waals surface area contributed by atoms with Crippen LogP contribution in [0.25, 0.3) is 5.65 Å². The first-order valence-corrected chi connectivity index (χ1v) is 13.3. The van der Waals surface area contributed by atoms with E-state index >= 15 is 0 Å². The van der Waals surface area contributed by atoms with Crippen LogP contribution in [0.2, 0.25) is 0 Å². The number of nitrogens with one attached hydrogen (secondary N) is 2. The van der Waals surface area contributed by atoms with Crippen molar-refractivity contribution in [2.24, 2.45) is 5.92 Å². The Hall–Kier alpha value is -2.87. The lowest BCUT2D eigenvalue weighted by Crippen LogP contribution is -2.37. The van der Waals surface area contributed by atoms with Gasteiger partial charge >= 0.3 is 0 Å². The van der Waals surface area contributed by atoms with E-state index in [9.17, 15) is 0 Å². The summed E-state index contributed by atoms with van der Waals surface area (Å²) in [4.78, 5) is 12.6. The van der Waals surface area contributed by atoms with E-state index < -0.39 is 0 Å². The van der Waals surface area contributed by atoms with Crippen LogP contribution in [0.5, 0.6) is 5.75 Å². The lowest BCUT2D eigenvalue weighted by molar-refractivity contribution is 0.302. The molecule has 0 spiro atoms. The predicted molar refractivity (Wildman–Crippen MR) is 140 cm³/mol. The highest BCUT2D eigenvalue weighted by Gasteiger charge is 2.22. The summed E-state index contributed by atoms with van der Waals surface area (Å²) in [5.41, 5.74) is 3.18. The number of benzene rings is 1. The molecule has 0 atom stereocenters. The SMILES string of the molecule is CC(C)c1cnn2c3nc(nc12)N(CC1CCNCC1)CCCCCCOc1ccccc1CN3. The lowest BCUT2D eigenvalue weighted by atomic mass is 9.97. The smallest absolute Gasteiger partial charge is 0.230 e. The molecular weight excluding hydrogens is 438 g/mol. The van der Waals surface area contributed by atoms with Crippen LogP contribution in [0.15, 0.2) is 30.5 Å². The average Bonchev–Trinajstić information content (AvgIpc) is 3.31. The highest BCUT2D eigenvalue weighted by atomic mass is 16.5. The van der Waals surface area contributed by atoms with Gasteiger partial charge in [0, 0.05) is 30.8 Å². The molecule has 8 heteroatoms. The zero-order valence-electron chi connectivity index (χ0n) is 21.2. The lowest BCUT2D eigenvalue weighted by Gasteiger charge is -2.30. The molecule has 188 valence electrons. The third-order valence-electron chi connectivity index (χ3n) is 7.22. The van der Waals surface area contributed by atoms with Gasteiger partial charge in [0.05, 0.1) is 12.8 Å². The number of rotatable bonds is 3. The number of anilines is 2. The molecule has 3 aromatic rings. The standard InChI is InChI=1S/C27H39N7O/c1-20(2)23-18-30-34-25(23)31-27-32-26(34)29-17-22-9-5-6-10-24(22)35-16-8-4-3-7-15-33(27)19-21-11-13-28-14-12-21/h5-6,9-10,18,20-21,28H,3-4,7-8,11-17,19H2,1-2H3,(H,29,31,32). The van der Waals surface area contributed by atoms with Crippen molar-refractivity contribution in [2.45, 2.75) is 64.8 Å². The van der Waals surface area contributed by atoms with Gasteiger partial charge in [-0.3, -0.25) is 0 Å². The summed E-state index contributed by atoms with van der Waals surface area (Å²) < 4.78 is 8.02. The molecule has 0 saturated carbocycles. The van der Waals surface area contributed by atoms with E-state index in [4.69, 9.17) is 14.7 Å². The minimum Gasteiger partial charge on any atom is -0.493 e. The fraction of sp³-hybridized carbons (Fsp3) is 0.593. The Morgan fingerprint density at radius 1 is 1.06 bits per heavy atom. The normalized spacial score (nSPS) is 18.4.